The summed E-state index contributed by atoms with van der Waals surface area (Å²) in [7, 11) is 0. The van der Waals surface area contributed by atoms with Gasteiger partial charge in [0.15, 0.2) is 0 Å². The second-order valence-corrected chi connectivity index (χ2v) is 12.7. The van der Waals surface area contributed by atoms with Gasteiger partial charge in [-0.15, -0.1) is 0 Å². The Morgan fingerprint density at radius 2 is 1.76 bits per heavy atom. The second-order valence-electron chi connectivity index (χ2n) is 12.7. The Balaban J connectivity index is 1.44. The van der Waals surface area contributed by atoms with E-state index in [1.165, 1.54) is 64.2 Å². The highest BCUT2D eigenvalue weighted by Gasteiger charge is 2.57. The third-order valence-electron chi connectivity index (χ3n) is 11.0. The second kappa shape index (κ2) is 6.72. The van der Waals surface area contributed by atoms with Gasteiger partial charge in [-0.05, 0) is 102 Å². The maximum Gasteiger partial charge on any atom is 0.0594 e. The Labute approximate surface area is 179 Å². The van der Waals surface area contributed by atoms with Crippen molar-refractivity contribution in [3.05, 3.63) is 22.8 Å². The van der Waals surface area contributed by atoms with Crippen LogP contribution in [0, 0.1) is 39.9 Å². The van der Waals surface area contributed by atoms with Gasteiger partial charge in [0.25, 0.3) is 0 Å². The zero-order valence-electron chi connectivity index (χ0n) is 19.7. The Hall–Kier alpha value is -0.560. The van der Waals surface area contributed by atoms with Gasteiger partial charge in [-0.3, -0.25) is 0 Å². The van der Waals surface area contributed by atoms with Crippen LogP contribution in [-0.2, 0) is 0 Å². The minimum absolute atomic E-state index is 0.0517. The van der Waals surface area contributed by atoms with Crippen LogP contribution in [0.3, 0.4) is 0 Å². The van der Waals surface area contributed by atoms with Crippen molar-refractivity contribution in [2.75, 3.05) is 0 Å². The number of aliphatic hydroxyl groups excluding tert-OH is 1. The molecule has 29 heavy (non-hydrogen) atoms. The minimum atomic E-state index is -0.126. The van der Waals surface area contributed by atoms with Gasteiger partial charge < -0.3 is 5.11 Å². The molecule has 0 spiro atoms. The standard InChI is InChI=1S/C28H44O/c1-18(17-19-7-6-8-19)21-10-11-22-20-9-12-24-26(2,3)25(29)14-16-28(24,5)23(20)13-15-27(21,22)4/h11,18-19,21,24-25,29H,6-10,12-17H2,1-5H3/t18?,21-,24+,25+,27-,28-/m1/s1. The zero-order chi connectivity index (χ0) is 20.6. The van der Waals surface area contributed by atoms with E-state index in [4.69, 9.17) is 0 Å². The Kier molecular flexibility index (Phi) is 4.71. The molecule has 0 heterocycles. The number of fused-ring (bicyclic) bond motifs is 4. The number of allylic oxidation sites excluding steroid dienone is 4. The topological polar surface area (TPSA) is 20.2 Å². The van der Waals surface area contributed by atoms with Crippen LogP contribution in [0.2, 0.25) is 0 Å². The first-order valence-electron chi connectivity index (χ1n) is 12.8. The van der Waals surface area contributed by atoms with Gasteiger partial charge >= 0.3 is 0 Å². The minimum Gasteiger partial charge on any atom is -0.393 e. The van der Waals surface area contributed by atoms with Gasteiger partial charge in [0, 0.05) is 0 Å². The average molecular weight is 397 g/mol. The highest BCUT2D eigenvalue weighted by Crippen LogP contribution is 2.66. The number of rotatable bonds is 3. The molecule has 0 bridgehead atoms. The molecular weight excluding hydrogens is 352 g/mol. The molecule has 2 saturated carbocycles. The lowest BCUT2D eigenvalue weighted by Gasteiger charge is -2.59. The van der Waals surface area contributed by atoms with Gasteiger partial charge in [-0.25, -0.2) is 0 Å². The van der Waals surface area contributed by atoms with Crippen molar-refractivity contribution < 1.29 is 5.11 Å². The van der Waals surface area contributed by atoms with Crippen molar-refractivity contribution in [1.82, 2.24) is 0 Å². The quantitative estimate of drug-likeness (QED) is 0.525. The molecule has 1 heteroatoms. The third-order valence-corrected chi connectivity index (χ3v) is 11.0. The van der Waals surface area contributed by atoms with E-state index in [9.17, 15) is 5.11 Å². The van der Waals surface area contributed by atoms with Crippen LogP contribution in [0.5, 0.6) is 0 Å². The summed E-state index contributed by atoms with van der Waals surface area (Å²) in [5.74, 6) is 3.40. The Morgan fingerprint density at radius 1 is 1.00 bits per heavy atom. The van der Waals surface area contributed by atoms with Crippen LogP contribution in [0.25, 0.3) is 0 Å². The summed E-state index contributed by atoms with van der Waals surface area (Å²) in [6.45, 7) is 12.4. The zero-order valence-corrected chi connectivity index (χ0v) is 19.7. The molecule has 0 aromatic heterocycles. The molecule has 2 fully saturated rings. The van der Waals surface area contributed by atoms with Crippen molar-refractivity contribution in [3.63, 3.8) is 0 Å². The molecular formula is C28H44O. The summed E-state index contributed by atoms with van der Waals surface area (Å²) in [5, 5.41) is 10.7. The van der Waals surface area contributed by atoms with Crippen molar-refractivity contribution in [2.45, 2.75) is 111 Å². The van der Waals surface area contributed by atoms with Crippen molar-refractivity contribution in [1.29, 1.82) is 0 Å². The van der Waals surface area contributed by atoms with E-state index in [1.54, 1.807) is 11.1 Å². The molecule has 0 saturated heterocycles. The first kappa shape index (κ1) is 20.3. The smallest absolute Gasteiger partial charge is 0.0594 e. The summed E-state index contributed by atoms with van der Waals surface area (Å²) in [5.41, 5.74) is 6.15. The lowest BCUT2D eigenvalue weighted by atomic mass is 9.46. The lowest BCUT2D eigenvalue weighted by Crippen LogP contribution is -2.53. The molecule has 162 valence electrons. The average Bonchev–Trinajstić information content (AvgIpc) is 2.99. The predicted octanol–water partition coefficient (Wildman–Crippen LogP) is 7.45. The van der Waals surface area contributed by atoms with E-state index >= 15 is 0 Å². The highest BCUT2D eigenvalue weighted by atomic mass is 16.3. The first-order chi connectivity index (χ1) is 13.7. The fourth-order valence-electron chi connectivity index (χ4n) is 9.00. The summed E-state index contributed by atoms with van der Waals surface area (Å²) in [6, 6.07) is 0. The van der Waals surface area contributed by atoms with Crippen LogP contribution in [-0.4, -0.2) is 11.2 Å². The Morgan fingerprint density at radius 3 is 2.45 bits per heavy atom. The number of aliphatic hydroxyl groups is 1. The first-order valence-corrected chi connectivity index (χ1v) is 12.8. The number of hydrogen-bond acceptors (Lipinski definition) is 1. The van der Waals surface area contributed by atoms with E-state index in [0.29, 0.717) is 16.7 Å². The summed E-state index contributed by atoms with van der Waals surface area (Å²) in [4.78, 5) is 0. The SMILES string of the molecule is CC(CC1CCC1)[C@H]1CC=C2C3=C(CC[C@@]21C)[C@@]1(C)CC[C@H](O)C(C)(C)[C@@H]1CC3. The molecule has 0 aromatic carbocycles. The van der Waals surface area contributed by atoms with E-state index < -0.39 is 0 Å². The fraction of sp³-hybridized carbons (Fsp3) is 0.857. The molecule has 5 rings (SSSR count). The van der Waals surface area contributed by atoms with E-state index in [0.717, 1.165) is 24.2 Å². The van der Waals surface area contributed by atoms with Gasteiger partial charge in [0.05, 0.1) is 6.10 Å². The van der Waals surface area contributed by atoms with E-state index in [2.05, 4.69) is 40.7 Å². The predicted molar refractivity (Wildman–Crippen MR) is 122 cm³/mol. The van der Waals surface area contributed by atoms with Gasteiger partial charge in [0.1, 0.15) is 0 Å². The van der Waals surface area contributed by atoms with Crippen LogP contribution >= 0.6 is 0 Å². The van der Waals surface area contributed by atoms with Gasteiger partial charge in [0.2, 0.25) is 0 Å². The fourth-order valence-corrected chi connectivity index (χ4v) is 9.00. The molecule has 5 aliphatic carbocycles. The van der Waals surface area contributed by atoms with Crippen molar-refractivity contribution in [2.24, 2.45) is 39.9 Å². The van der Waals surface area contributed by atoms with Gasteiger partial charge in [-0.2, -0.15) is 0 Å². The normalized spacial score (nSPS) is 45.0. The van der Waals surface area contributed by atoms with Crippen LogP contribution in [0.1, 0.15) is 105 Å². The molecule has 0 aromatic rings. The van der Waals surface area contributed by atoms with Crippen LogP contribution < -0.4 is 0 Å². The Bertz CT molecular complexity index is 737. The summed E-state index contributed by atoms with van der Waals surface area (Å²) >= 11 is 0. The summed E-state index contributed by atoms with van der Waals surface area (Å²) in [6.07, 6.45) is 17.2. The highest BCUT2D eigenvalue weighted by molar-refractivity contribution is 5.49. The van der Waals surface area contributed by atoms with Gasteiger partial charge in [-0.1, -0.05) is 65.5 Å². The number of hydrogen-bond donors (Lipinski definition) is 1. The molecule has 5 aliphatic rings. The molecule has 1 nitrogen and oxygen atoms in total. The molecule has 0 aliphatic heterocycles. The third kappa shape index (κ3) is 2.81. The van der Waals surface area contributed by atoms with Crippen LogP contribution in [0.15, 0.2) is 22.8 Å². The largest absolute Gasteiger partial charge is 0.393 e. The van der Waals surface area contributed by atoms with Crippen molar-refractivity contribution >= 4 is 0 Å². The molecule has 1 N–H and O–H groups in total. The molecule has 0 amide bonds. The lowest BCUT2D eigenvalue weighted by molar-refractivity contribution is -0.0905. The van der Waals surface area contributed by atoms with Crippen molar-refractivity contribution in [3.8, 4) is 0 Å². The van der Waals surface area contributed by atoms with E-state index in [-0.39, 0.29) is 11.5 Å². The molecule has 1 unspecified atom stereocenters. The molecule has 6 atom stereocenters. The summed E-state index contributed by atoms with van der Waals surface area (Å²) < 4.78 is 0. The van der Waals surface area contributed by atoms with Crippen LogP contribution in [0.4, 0.5) is 0 Å². The van der Waals surface area contributed by atoms with E-state index in [1.807, 2.05) is 5.57 Å². The maximum atomic E-state index is 10.7. The monoisotopic (exact) mass is 396 g/mol. The maximum absolute atomic E-state index is 10.7. The molecule has 0 radical (unpaired) electrons.